The standard InChI is InChI=1S/C26H21BrN4O3/c27-19-8-6-15-10-17(5-4-16(15)11-19)21-13-28-24(29-21)22-12-18-3-1-2-14-7-9-20(30-26(33)34)25(32)31(22)23(14)18/h1-6,8,10-11,13,20,22,30H,7,9,12H2,(H,28,29)(H,33,34)/t20-,22-/m0/s1. The Kier molecular flexibility index (Phi) is 4.91. The average molecular weight is 517 g/mol. The van der Waals surface area contributed by atoms with Gasteiger partial charge in [-0.1, -0.05) is 52.3 Å². The normalized spacial score (nSPS) is 19.2. The molecule has 2 amide bonds. The molecule has 0 bridgehead atoms. The van der Waals surface area contributed by atoms with Crippen molar-refractivity contribution in [1.29, 1.82) is 0 Å². The maximum Gasteiger partial charge on any atom is 0.405 e. The summed E-state index contributed by atoms with van der Waals surface area (Å²) in [6.45, 7) is 0. The number of hydrogen-bond acceptors (Lipinski definition) is 3. The van der Waals surface area contributed by atoms with Gasteiger partial charge in [-0.05, 0) is 52.9 Å². The van der Waals surface area contributed by atoms with Gasteiger partial charge in [0.15, 0.2) is 0 Å². The van der Waals surface area contributed by atoms with Crippen LogP contribution in [-0.4, -0.2) is 33.1 Å². The minimum absolute atomic E-state index is 0.231. The van der Waals surface area contributed by atoms with Crippen LogP contribution < -0.4 is 10.2 Å². The van der Waals surface area contributed by atoms with Gasteiger partial charge < -0.3 is 15.4 Å². The number of amides is 2. The summed E-state index contributed by atoms with van der Waals surface area (Å²) >= 11 is 3.51. The van der Waals surface area contributed by atoms with E-state index in [1.54, 1.807) is 11.1 Å². The van der Waals surface area contributed by atoms with Gasteiger partial charge in [0.05, 0.1) is 23.6 Å². The highest BCUT2D eigenvalue weighted by atomic mass is 79.9. The van der Waals surface area contributed by atoms with Gasteiger partial charge in [-0.2, -0.15) is 0 Å². The van der Waals surface area contributed by atoms with Crippen LogP contribution in [0.2, 0.25) is 0 Å². The van der Waals surface area contributed by atoms with Crippen molar-refractivity contribution < 1.29 is 14.7 Å². The van der Waals surface area contributed by atoms with Crippen molar-refractivity contribution >= 4 is 44.4 Å². The molecule has 2 aliphatic rings. The molecule has 0 unspecified atom stereocenters. The van der Waals surface area contributed by atoms with E-state index >= 15 is 0 Å². The number of nitrogens with one attached hydrogen (secondary N) is 2. The SMILES string of the molecule is O=C(O)N[C@H]1CCc2cccc3c2N(C1=O)[C@H](c1ncc(-c2ccc4cc(Br)ccc4c2)[nH]1)C3. The Labute approximate surface area is 203 Å². The highest BCUT2D eigenvalue weighted by Gasteiger charge is 2.42. The van der Waals surface area contributed by atoms with Crippen molar-refractivity contribution in [2.75, 3.05) is 4.90 Å². The molecule has 3 heterocycles. The number of anilines is 1. The number of halogens is 1. The summed E-state index contributed by atoms with van der Waals surface area (Å²) in [4.78, 5) is 34.7. The Morgan fingerprint density at radius 3 is 2.76 bits per heavy atom. The van der Waals surface area contributed by atoms with Gasteiger partial charge in [0.2, 0.25) is 5.91 Å². The van der Waals surface area contributed by atoms with Crippen molar-refractivity contribution in [3.63, 3.8) is 0 Å². The molecule has 7 nitrogen and oxygen atoms in total. The quantitative estimate of drug-likeness (QED) is 0.348. The van der Waals surface area contributed by atoms with E-state index in [-0.39, 0.29) is 11.9 Å². The zero-order valence-electron chi connectivity index (χ0n) is 18.1. The zero-order valence-corrected chi connectivity index (χ0v) is 19.7. The number of imidazole rings is 1. The monoisotopic (exact) mass is 516 g/mol. The molecule has 2 atom stereocenters. The molecule has 0 radical (unpaired) electrons. The molecule has 6 rings (SSSR count). The fourth-order valence-electron chi connectivity index (χ4n) is 5.17. The van der Waals surface area contributed by atoms with Crippen molar-refractivity contribution in [2.45, 2.75) is 31.3 Å². The number of rotatable bonds is 3. The maximum atomic E-state index is 13.5. The van der Waals surface area contributed by atoms with E-state index in [2.05, 4.69) is 61.5 Å². The summed E-state index contributed by atoms with van der Waals surface area (Å²) in [5.41, 5.74) is 4.94. The number of para-hydroxylation sites is 1. The molecule has 170 valence electrons. The second-order valence-corrected chi connectivity index (χ2v) is 9.70. The Morgan fingerprint density at radius 2 is 1.91 bits per heavy atom. The molecule has 3 N–H and O–H groups in total. The zero-order chi connectivity index (χ0) is 23.4. The number of aromatic amines is 1. The van der Waals surface area contributed by atoms with Crippen LogP contribution >= 0.6 is 15.9 Å². The van der Waals surface area contributed by atoms with E-state index in [1.165, 1.54) is 0 Å². The van der Waals surface area contributed by atoms with Crippen LogP contribution in [0.3, 0.4) is 0 Å². The molecule has 0 saturated heterocycles. The van der Waals surface area contributed by atoms with Crippen LogP contribution in [-0.2, 0) is 17.6 Å². The summed E-state index contributed by atoms with van der Waals surface area (Å²) in [6.07, 6.45) is 2.31. The second kappa shape index (κ2) is 7.99. The van der Waals surface area contributed by atoms with E-state index in [4.69, 9.17) is 0 Å². The number of H-pyrrole nitrogens is 1. The topological polar surface area (TPSA) is 98.3 Å². The summed E-state index contributed by atoms with van der Waals surface area (Å²) < 4.78 is 1.04. The first kappa shape index (κ1) is 20.9. The Balaban J connectivity index is 1.38. The lowest BCUT2D eigenvalue weighted by atomic mass is 10.0. The number of nitrogens with zero attached hydrogens (tertiary/aromatic N) is 2. The number of fused-ring (bicyclic) bond motifs is 1. The predicted octanol–water partition coefficient (Wildman–Crippen LogP) is 5.21. The van der Waals surface area contributed by atoms with Gasteiger partial charge in [-0.15, -0.1) is 0 Å². The van der Waals surface area contributed by atoms with Gasteiger partial charge in [0.25, 0.3) is 0 Å². The number of carbonyl (C=O) groups excluding carboxylic acids is 1. The molecular formula is C26H21BrN4O3. The van der Waals surface area contributed by atoms with Gasteiger partial charge in [-0.3, -0.25) is 9.69 Å². The van der Waals surface area contributed by atoms with Crippen LogP contribution in [0.4, 0.5) is 10.5 Å². The number of aryl methyl sites for hydroxylation is 1. The molecule has 0 spiro atoms. The van der Waals surface area contributed by atoms with E-state index in [0.717, 1.165) is 43.3 Å². The third-order valence-electron chi connectivity index (χ3n) is 6.73. The summed E-state index contributed by atoms with van der Waals surface area (Å²) in [6, 6.07) is 17.4. The fourth-order valence-corrected chi connectivity index (χ4v) is 5.55. The lowest BCUT2D eigenvalue weighted by Gasteiger charge is -2.27. The van der Waals surface area contributed by atoms with Crippen molar-refractivity contribution in [2.24, 2.45) is 0 Å². The first-order valence-corrected chi connectivity index (χ1v) is 11.9. The Hall–Kier alpha value is -3.65. The minimum atomic E-state index is -1.19. The molecule has 3 aromatic carbocycles. The van der Waals surface area contributed by atoms with Gasteiger partial charge in [0.1, 0.15) is 11.9 Å². The lowest BCUT2D eigenvalue weighted by molar-refractivity contribution is -0.120. The first-order chi connectivity index (χ1) is 16.5. The second-order valence-electron chi connectivity index (χ2n) is 8.78. The number of carboxylic acid groups (broad SMARTS) is 1. The van der Waals surface area contributed by atoms with E-state index in [9.17, 15) is 14.7 Å². The molecule has 0 saturated carbocycles. The van der Waals surface area contributed by atoms with Gasteiger partial charge in [0, 0.05) is 16.5 Å². The summed E-state index contributed by atoms with van der Waals surface area (Å²) in [7, 11) is 0. The van der Waals surface area contributed by atoms with Crippen molar-refractivity contribution in [3.05, 3.63) is 82.2 Å². The third-order valence-corrected chi connectivity index (χ3v) is 7.22. The minimum Gasteiger partial charge on any atom is -0.465 e. The predicted molar refractivity (Wildman–Crippen MR) is 133 cm³/mol. The van der Waals surface area contributed by atoms with Gasteiger partial charge in [-0.25, -0.2) is 9.78 Å². The van der Waals surface area contributed by atoms with Gasteiger partial charge >= 0.3 is 6.09 Å². The molecular weight excluding hydrogens is 496 g/mol. The highest BCUT2D eigenvalue weighted by Crippen LogP contribution is 2.44. The van der Waals surface area contributed by atoms with E-state index in [0.29, 0.717) is 25.1 Å². The largest absolute Gasteiger partial charge is 0.465 e. The van der Waals surface area contributed by atoms with Crippen LogP contribution in [0.15, 0.2) is 65.3 Å². The summed E-state index contributed by atoms with van der Waals surface area (Å²) in [5, 5.41) is 13.9. The first-order valence-electron chi connectivity index (χ1n) is 11.2. The summed E-state index contributed by atoms with van der Waals surface area (Å²) in [5.74, 6) is 0.461. The molecule has 0 aliphatic carbocycles. The maximum absolute atomic E-state index is 13.5. The van der Waals surface area contributed by atoms with Crippen molar-refractivity contribution in [1.82, 2.24) is 15.3 Å². The lowest BCUT2D eigenvalue weighted by Crippen LogP contribution is -2.48. The van der Waals surface area contributed by atoms with Crippen LogP contribution in [0.5, 0.6) is 0 Å². The molecule has 4 aromatic rings. The molecule has 2 aliphatic heterocycles. The number of benzene rings is 3. The Bertz CT molecular complexity index is 1460. The van der Waals surface area contributed by atoms with Crippen LogP contribution in [0, 0.1) is 0 Å². The fraction of sp³-hybridized carbons (Fsp3) is 0.192. The van der Waals surface area contributed by atoms with Crippen LogP contribution in [0.25, 0.3) is 22.0 Å². The number of hydrogen-bond donors (Lipinski definition) is 3. The number of carbonyl (C=O) groups is 2. The highest BCUT2D eigenvalue weighted by molar-refractivity contribution is 9.10. The molecule has 34 heavy (non-hydrogen) atoms. The molecule has 0 fully saturated rings. The van der Waals surface area contributed by atoms with E-state index < -0.39 is 12.1 Å². The average Bonchev–Trinajstić information content (AvgIpc) is 3.43. The Morgan fingerprint density at radius 1 is 1.12 bits per heavy atom. The van der Waals surface area contributed by atoms with Crippen molar-refractivity contribution in [3.8, 4) is 11.3 Å². The van der Waals surface area contributed by atoms with E-state index in [1.807, 2.05) is 24.3 Å². The third kappa shape index (κ3) is 3.45. The molecule has 1 aromatic heterocycles. The smallest absolute Gasteiger partial charge is 0.405 e. The van der Waals surface area contributed by atoms with Crippen LogP contribution in [0.1, 0.15) is 29.4 Å². The number of aromatic nitrogens is 2. The molecule has 8 heteroatoms.